The Labute approximate surface area is 142 Å². The summed E-state index contributed by atoms with van der Waals surface area (Å²) in [7, 11) is 0. The summed E-state index contributed by atoms with van der Waals surface area (Å²) in [6, 6.07) is 8.96. The highest BCUT2D eigenvalue weighted by molar-refractivity contribution is 8.03. The number of benzene rings is 1. The van der Waals surface area contributed by atoms with E-state index in [9.17, 15) is 0 Å². The molecule has 0 N–H and O–H groups in total. The number of thioether (sulfide) groups is 4. The van der Waals surface area contributed by atoms with Crippen LogP contribution in [0.15, 0.2) is 24.3 Å². The number of hydrogen-bond acceptors (Lipinski definition) is 4. The first kappa shape index (κ1) is 18.7. The highest BCUT2D eigenvalue weighted by Gasteiger charge is 2.02. The van der Waals surface area contributed by atoms with Gasteiger partial charge < -0.3 is 0 Å². The second-order valence-corrected chi connectivity index (χ2v) is 9.27. The lowest BCUT2D eigenvalue weighted by Crippen LogP contribution is -1.94. The van der Waals surface area contributed by atoms with Crippen LogP contribution in [0.4, 0.5) is 0 Å². The summed E-state index contributed by atoms with van der Waals surface area (Å²) in [6.45, 7) is 4.47. The van der Waals surface area contributed by atoms with Crippen LogP contribution in [-0.2, 0) is 11.5 Å². The average molecular weight is 347 g/mol. The van der Waals surface area contributed by atoms with E-state index in [4.69, 9.17) is 0 Å². The van der Waals surface area contributed by atoms with Crippen molar-refractivity contribution in [2.24, 2.45) is 0 Å². The summed E-state index contributed by atoms with van der Waals surface area (Å²) in [4.78, 5) is 0. The van der Waals surface area contributed by atoms with Crippen molar-refractivity contribution < 1.29 is 0 Å². The van der Waals surface area contributed by atoms with Crippen molar-refractivity contribution in [2.45, 2.75) is 25.4 Å². The minimum Gasteiger partial charge on any atom is -0.161 e. The van der Waals surface area contributed by atoms with E-state index in [1.807, 2.05) is 23.5 Å². The molecule has 20 heavy (non-hydrogen) atoms. The van der Waals surface area contributed by atoms with Gasteiger partial charge in [-0.25, -0.2) is 0 Å². The summed E-state index contributed by atoms with van der Waals surface area (Å²) in [5.41, 5.74) is 3.07. The fourth-order valence-electron chi connectivity index (χ4n) is 1.73. The van der Waals surface area contributed by atoms with E-state index in [1.54, 1.807) is 0 Å². The van der Waals surface area contributed by atoms with Crippen molar-refractivity contribution in [2.75, 3.05) is 34.5 Å². The summed E-state index contributed by atoms with van der Waals surface area (Å²) in [5.74, 6) is 9.93. The highest BCUT2D eigenvalue weighted by atomic mass is 32.2. The van der Waals surface area contributed by atoms with Gasteiger partial charge in [0.05, 0.1) is 0 Å². The molecule has 0 fully saturated rings. The van der Waals surface area contributed by atoms with Crippen molar-refractivity contribution in [3.05, 3.63) is 35.4 Å². The molecule has 0 saturated heterocycles. The zero-order chi connectivity index (χ0) is 14.5. The van der Waals surface area contributed by atoms with Crippen LogP contribution in [0.5, 0.6) is 0 Å². The zero-order valence-corrected chi connectivity index (χ0v) is 15.9. The first-order valence-corrected chi connectivity index (χ1v) is 11.9. The molecule has 0 heterocycles. The molecule has 0 bridgehead atoms. The summed E-state index contributed by atoms with van der Waals surface area (Å²) in [6.07, 6.45) is 0. The van der Waals surface area contributed by atoms with Crippen LogP contribution in [0.25, 0.3) is 0 Å². The maximum atomic E-state index is 2.30. The molecule has 0 spiro atoms. The van der Waals surface area contributed by atoms with Gasteiger partial charge in [-0.1, -0.05) is 38.1 Å². The SMILES string of the molecule is CCSCCSCc1ccccc1CSCCSCC. The van der Waals surface area contributed by atoms with Crippen LogP contribution < -0.4 is 0 Å². The molecule has 1 aromatic rings. The molecular formula is C16H26S4. The topological polar surface area (TPSA) is 0 Å². The van der Waals surface area contributed by atoms with E-state index < -0.39 is 0 Å². The van der Waals surface area contributed by atoms with E-state index in [1.165, 1.54) is 57.1 Å². The lowest BCUT2D eigenvalue weighted by atomic mass is 10.1. The molecular weight excluding hydrogens is 320 g/mol. The standard InChI is InChI=1S/C16H26S4/c1-3-17-9-11-19-13-15-7-5-6-8-16(15)14-20-12-10-18-4-2/h5-8H,3-4,9-14H2,1-2H3. The van der Waals surface area contributed by atoms with Crippen LogP contribution in [0.3, 0.4) is 0 Å². The predicted octanol–water partition coefficient (Wildman–Crippen LogP) is 5.66. The van der Waals surface area contributed by atoms with Crippen LogP contribution in [-0.4, -0.2) is 34.5 Å². The third-order valence-electron chi connectivity index (χ3n) is 2.79. The predicted molar refractivity (Wildman–Crippen MR) is 105 cm³/mol. The van der Waals surface area contributed by atoms with E-state index in [2.05, 4.69) is 61.6 Å². The van der Waals surface area contributed by atoms with Gasteiger partial charge in [-0.3, -0.25) is 0 Å². The quantitative estimate of drug-likeness (QED) is 0.448. The fraction of sp³-hybridized carbons (Fsp3) is 0.625. The first-order chi connectivity index (χ1) is 9.88. The lowest BCUT2D eigenvalue weighted by molar-refractivity contribution is 1.27. The van der Waals surface area contributed by atoms with E-state index in [0.717, 1.165) is 0 Å². The van der Waals surface area contributed by atoms with Crippen molar-refractivity contribution in [3.8, 4) is 0 Å². The highest BCUT2D eigenvalue weighted by Crippen LogP contribution is 2.22. The number of hydrogen-bond donors (Lipinski definition) is 0. The Morgan fingerprint density at radius 3 is 1.45 bits per heavy atom. The minimum atomic E-state index is 1.17. The Morgan fingerprint density at radius 1 is 0.650 bits per heavy atom. The van der Waals surface area contributed by atoms with Gasteiger partial charge >= 0.3 is 0 Å². The van der Waals surface area contributed by atoms with Crippen LogP contribution in [0.2, 0.25) is 0 Å². The molecule has 0 unspecified atom stereocenters. The van der Waals surface area contributed by atoms with Crippen molar-refractivity contribution in [1.82, 2.24) is 0 Å². The van der Waals surface area contributed by atoms with E-state index >= 15 is 0 Å². The molecule has 0 radical (unpaired) electrons. The molecule has 0 aliphatic carbocycles. The average Bonchev–Trinajstić information content (AvgIpc) is 2.48. The Morgan fingerprint density at radius 2 is 1.05 bits per heavy atom. The number of rotatable bonds is 12. The van der Waals surface area contributed by atoms with Crippen molar-refractivity contribution in [1.29, 1.82) is 0 Å². The molecule has 0 saturated carbocycles. The molecule has 114 valence electrons. The second kappa shape index (κ2) is 13.3. The maximum Gasteiger partial charge on any atom is 0.0187 e. The van der Waals surface area contributed by atoms with Gasteiger partial charge in [0.2, 0.25) is 0 Å². The van der Waals surface area contributed by atoms with Crippen molar-refractivity contribution >= 4 is 47.0 Å². The van der Waals surface area contributed by atoms with Gasteiger partial charge in [-0.05, 0) is 22.6 Å². The summed E-state index contributed by atoms with van der Waals surface area (Å²) < 4.78 is 0. The molecule has 0 atom stereocenters. The first-order valence-electron chi connectivity index (χ1n) is 7.26. The largest absolute Gasteiger partial charge is 0.161 e. The third-order valence-corrected chi connectivity index (χ3v) is 7.12. The lowest BCUT2D eigenvalue weighted by Gasteiger charge is -2.09. The maximum absolute atomic E-state index is 2.30. The molecule has 0 aromatic heterocycles. The molecule has 0 aliphatic rings. The second-order valence-electron chi connectivity index (χ2n) is 4.27. The van der Waals surface area contributed by atoms with Gasteiger partial charge in [-0.15, -0.1) is 0 Å². The monoisotopic (exact) mass is 346 g/mol. The molecule has 1 rings (SSSR count). The van der Waals surface area contributed by atoms with Gasteiger partial charge in [-0.2, -0.15) is 47.0 Å². The Kier molecular flexibility index (Phi) is 12.4. The molecule has 1 aromatic carbocycles. The van der Waals surface area contributed by atoms with E-state index in [-0.39, 0.29) is 0 Å². The zero-order valence-electron chi connectivity index (χ0n) is 12.6. The van der Waals surface area contributed by atoms with Crippen LogP contribution in [0, 0.1) is 0 Å². The third kappa shape index (κ3) is 8.81. The molecule has 0 aliphatic heterocycles. The fourth-order valence-corrected chi connectivity index (χ4v) is 5.48. The van der Waals surface area contributed by atoms with Gasteiger partial charge in [0.15, 0.2) is 0 Å². The van der Waals surface area contributed by atoms with Crippen LogP contribution in [0.1, 0.15) is 25.0 Å². The molecule has 0 nitrogen and oxygen atoms in total. The summed E-state index contributed by atoms with van der Waals surface area (Å²) in [5, 5.41) is 0. The van der Waals surface area contributed by atoms with Gasteiger partial charge in [0, 0.05) is 34.5 Å². The van der Waals surface area contributed by atoms with Gasteiger partial charge in [0.1, 0.15) is 0 Å². The minimum absolute atomic E-state index is 1.17. The molecule has 4 heteroatoms. The molecule has 0 amide bonds. The van der Waals surface area contributed by atoms with Gasteiger partial charge in [0.25, 0.3) is 0 Å². The Hall–Kier alpha value is 0.620. The van der Waals surface area contributed by atoms with Crippen molar-refractivity contribution in [3.63, 3.8) is 0 Å². The smallest absolute Gasteiger partial charge is 0.0187 e. The summed E-state index contributed by atoms with van der Waals surface area (Å²) >= 11 is 8.23. The van der Waals surface area contributed by atoms with E-state index in [0.29, 0.717) is 0 Å². The normalized spacial score (nSPS) is 10.9. The van der Waals surface area contributed by atoms with Crippen LogP contribution >= 0.6 is 47.0 Å². The Bertz CT molecular complexity index is 308. The Balaban J connectivity index is 2.27.